The van der Waals surface area contributed by atoms with Crippen LogP contribution in [0.25, 0.3) is 0 Å². The Bertz CT molecular complexity index is 575. The van der Waals surface area contributed by atoms with Crippen LogP contribution in [0.4, 0.5) is 4.39 Å². The molecule has 1 aliphatic rings. The predicted octanol–water partition coefficient (Wildman–Crippen LogP) is 1.40. The van der Waals surface area contributed by atoms with E-state index in [1.54, 1.807) is 6.07 Å². The normalized spacial score (nSPS) is 14.5. The fourth-order valence-corrected chi connectivity index (χ4v) is 1.96. The van der Waals surface area contributed by atoms with E-state index < -0.39 is 5.82 Å². The molecular weight excluding hydrogens is 285 g/mol. The van der Waals surface area contributed by atoms with E-state index in [2.05, 4.69) is 15.8 Å². The van der Waals surface area contributed by atoms with Gasteiger partial charge in [-0.05, 0) is 24.1 Å². The molecule has 0 spiro atoms. The largest absolute Gasteiger partial charge is 0.351 e. The zero-order valence-corrected chi connectivity index (χ0v) is 11.3. The lowest BCUT2D eigenvalue weighted by Crippen LogP contribution is -2.37. The minimum absolute atomic E-state index is 0.0631. The van der Waals surface area contributed by atoms with E-state index in [4.69, 9.17) is 11.6 Å². The molecule has 0 unspecified atom stereocenters. The Morgan fingerprint density at radius 3 is 2.90 bits per heavy atom. The van der Waals surface area contributed by atoms with Crippen LogP contribution in [0.2, 0.25) is 5.02 Å². The second-order valence-corrected chi connectivity index (χ2v) is 4.76. The second kappa shape index (κ2) is 6.47. The first-order chi connectivity index (χ1) is 9.56. The first-order valence-corrected chi connectivity index (χ1v) is 6.51. The zero-order chi connectivity index (χ0) is 14.5. The number of rotatable bonds is 4. The summed E-state index contributed by atoms with van der Waals surface area (Å²) in [6.45, 7) is 0.383. The molecule has 0 saturated carbocycles. The van der Waals surface area contributed by atoms with E-state index in [0.717, 1.165) is 5.56 Å². The third-order valence-electron chi connectivity index (χ3n) is 2.85. The maximum atomic E-state index is 13.0. The fraction of sp³-hybridized carbons (Fsp3) is 0.308. The van der Waals surface area contributed by atoms with Gasteiger partial charge in [0.25, 0.3) is 5.91 Å². The summed E-state index contributed by atoms with van der Waals surface area (Å²) in [6, 6.07) is 4.44. The van der Waals surface area contributed by atoms with E-state index in [1.807, 2.05) is 0 Å². The van der Waals surface area contributed by atoms with Crippen LogP contribution < -0.4 is 10.7 Å². The van der Waals surface area contributed by atoms with Crippen LogP contribution in [-0.4, -0.2) is 24.1 Å². The van der Waals surface area contributed by atoms with Gasteiger partial charge in [0.1, 0.15) is 11.5 Å². The Kier molecular flexibility index (Phi) is 4.68. The SMILES string of the molecule is O=C1CCC(C(=O)NCCc2ccc(F)c(Cl)c2)=NN1. The molecule has 1 aromatic carbocycles. The summed E-state index contributed by atoms with van der Waals surface area (Å²) in [6.07, 6.45) is 1.13. The number of halogens is 2. The number of hydrazone groups is 1. The van der Waals surface area contributed by atoms with E-state index in [0.29, 0.717) is 25.1 Å². The Morgan fingerprint density at radius 2 is 2.25 bits per heavy atom. The van der Waals surface area contributed by atoms with Crippen molar-refractivity contribution in [2.75, 3.05) is 6.54 Å². The van der Waals surface area contributed by atoms with Crippen molar-refractivity contribution in [1.29, 1.82) is 0 Å². The number of benzene rings is 1. The summed E-state index contributed by atoms with van der Waals surface area (Å²) < 4.78 is 13.0. The van der Waals surface area contributed by atoms with Crippen molar-refractivity contribution in [1.82, 2.24) is 10.7 Å². The molecule has 0 atom stereocenters. The highest BCUT2D eigenvalue weighted by Gasteiger charge is 2.17. The summed E-state index contributed by atoms with van der Waals surface area (Å²) in [4.78, 5) is 22.6. The lowest BCUT2D eigenvalue weighted by Gasteiger charge is -2.12. The smallest absolute Gasteiger partial charge is 0.267 e. The van der Waals surface area contributed by atoms with Crippen LogP contribution in [-0.2, 0) is 16.0 Å². The molecule has 1 aliphatic heterocycles. The molecule has 0 fully saturated rings. The number of carbonyl (C=O) groups is 2. The molecule has 2 rings (SSSR count). The molecular formula is C13H13ClFN3O2. The van der Waals surface area contributed by atoms with Crippen LogP contribution in [0.15, 0.2) is 23.3 Å². The first-order valence-electron chi connectivity index (χ1n) is 6.14. The predicted molar refractivity (Wildman–Crippen MR) is 72.9 cm³/mol. The van der Waals surface area contributed by atoms with E-state index in [1.165, 1.54) is 12.1 Å². The number of nitrogens with zero attached hydrogens (tertiary/aromatic N) is 1. The van der Waals surface area contributed by atoms with Gasteiger partial charge in [-0.2, -0.15) is 5.10 Å². The highest BCUT2D eigenvalue weighted by molar-refractivity contribution is 6.39. The van der Waals surface area contributed by atoms with Crippen LogP contribution in [0, 0.1) is 5.82 Å². The Hall–Kier alpha value is -1.95. The van der Waals surface area contributed by atoms with Gasteiger partial charge in [-0.15, -0.1) is 0 Å². The minimum atomic E-state index is -0.466. The molecule has 5 nitrogen and oxygen atoms in total. The summed E-state index contributed by atoms with van der Waals surface area (Å²) in [7, 11) is 0. The second-order valence-electron chi connectivity index (χ2n) is 4.35. The molecule has 2 amide bonds. The van der Waals surface area contributed by atoms with Crippen molar-refractivity contribution < 1.29 is 14.0 Å². The van der Waals surface area contributed by atoms with Gasteiger partial charge in [-0.1, -0.05) is 17.7 Å². The summed E-state index contributed by atoms with van der Waals surface area (Å²) in [5.74, 6) is -0.965. The van der Waals surface area contributed by atoms with E-state index in [-0.39, 0.29) is 23.3 Å². The van der Waals surface area contributed by atoms with Crippen molar-refractivity contribution in [3.63, 3.8) is 0 Å². The Morgan fingerprint density at radius 1 is 1.45 bits per heavy atom. The molecule has 2 N–H and O–H groups in total. The Labute approximate surface area is 120 Å². The number of nitrogens with one attached hydrogen (secondary N) is 2. The molecule has 0 aliphatic carbocycles. The van der Waals surface area contributed by atoms with Gasteiger partial charge in [0.2, 0.25) is 5.91 Å². The Balaban J connectivity index is 1.82. The molecule has 0 aromatic heterocycles. The summed E-state index contributed by atoms with van der Waals surface area (Å²) >= 11 is 5.67. The number of amides is 2. The van der Waals surface area contributed by atoms with Gasteiger partial charge < -0.3 is 5.32 Å². The molecule has 7 heteroatoms. The lowest BCUT2D eigenvalue weighted by atomic mass is 10.1. The molecule has 0 saturated heterocycles. The molecule has 106 valence electrons. The highest BCUT2D eigenvalue weighted by atomic mass is 35.5. The van der Waals surface area contributed by atoms with Gasteiger partial charge in [0.05, 0.1) is 5.02 Å². The van der Waals surface area contributed by atoms with Crippen LogP contribution in [0.5, 0.6) is 0 Å². The fourth-order valence-electron chi connectivity index (χ4n) is 1.76. The van der Waals surface area contributed by atoms with Crippen molar-refractivity contribution in [3.8, 4) is 0 Å². The molecule has 1 aromatic rings. The van der Waals surface area contributed by atoms with Crippen molar-refractivity contribution in [2.45, 2.75) is 19.3 Å². The van der Waals surface area contributed by atoms with Crippen LogP contribution in [0.1, 0.15) is 18.4 Å². The monoisotopic (exact) mass is 297 g/mol. The maximum absolute atomic E-state index is 13.0. The van der Waals surface area contributed by atoms with E-state index >= 15 is 0 Å². The zero-order valence-electron chi connectivity index (χ0n) is 10.6. The van der Waals surface area contributed by atoms with Crippen molar-refractivity contribution in [2.24, 2.45) is 5.10 Å². The minimum Gasteiger partial charge on any atom is -0.351 e. The lowest BCUT2D eigenvalue weighted by molar-refractivity contribution is -0.121. The third kappa shape index (κ3) is 3.77. The first kappa shape index (κ1) is 14.5. The van der Waals surface area contributed by atoms with Gasteiger partial charge in [0.15, 0.2) is 0 Å². The molecule has 1 heterocycles. The standard InChI is InChI=1S/C13H13ClFN3O2/c14-9-7-8(1-2-10(9)15)5-6-16-13(20)11-3-4-12(19)18-17-11/h1-2,7H,3-6H2,(H,16,20)(H,18,19). The van der Waals surface area contributed by atoms with Crippen molar-refractivity contribution >= 4 is 29.1 Å². The highest BCUT2D eigenvalue weighted by Crippen LogP contribution is 2.16. The average Bonchev–Trinajstić information content (AvgIpc) is 2.43. The molecule has 0 radical (unpaired) electrons. The van der Waals surface area contributed by atoms with Gasteiger partial charge in [-0.3, -0.25) is 9.59 Å². The molecule has 0 bridgehead atoms. The van der Waals surface area contributed by atoms with Gasteiger partial charge >= 0.3 is 0 Å². The average molecular weight is 298 g/mol. The van der Waals surface area contributed by atoms with E-state index in [9.17, 15) is 14.0 Å². The maximum Gasteiger partial charge on any atom is 0.267 e. The van der Waals surface area contributed by atoms with Crippen LogP contribution >= 0.6 is 11.6 Å². The summed E-state index contributed by atoms with van der Waals surface area (Å²) in [5.41, 5.74) is 3.40. The van der Waals surface area contributed by atoms with Gasteiger partial charge in [0, 0.05) is 19.4 Å². The summed E-state index contributed by atoms with van der Waals surface area (Å²) in [5, 5.41) is 6.45. The molecule has 20 heavy (non-hydrogen) atoms. The number of hydrogen-bond donors (Lipinski definition) is 2. The van der Waals surface area contributed by atoms with Gasteiger partial charge in [-0.25, -0.2) is 9.82 Å². The topological polar surface area (TPSA) is 70.6 Å². The number of carbonyl (C=O) groups excluding carboxylic acids is 2. The van der Waals surface area contributed by atoms with Crippen molar-refractivity contribution in [3.05, 3.63) is 34.6 Å². The number of hydrogen-bond acceptors (Lipinski definition) is 3. The quantitative estimate of drug-likeness (QED) is 0.882. The third-order valence-corrected chi connectivity index (χ3v) is 3.14. The van der Waals surface area contributed by atoms with Crippen LogP contribution in [0.3, 0.4) is 0 Å².